The van der Waals surface area contributed by atoms with Crippen LogP contribution in [0, 0.1) is 0 Å². The Hall–Kier alpha value is -3.56. The molecule has 0 aliphatic carbocycles. The Balaban J connectivity index is 1.93. The number of aromatic nitrogens is 1. The molecule has 10 heteroatoms. The van der Waals surface area contributed by atoms with Crippen LogP contribution in [-0.4, -0.2) is 38.0 Å². The number of benzene rings is 2. The Morgan fingerprint density at radius 3 is 2.50 bits per heavy atom. The number of fused-ring (bicyclic) bond motifs is 1. The molecule has 188 valence electrons. The average molecular weight is 529 g/mol. The summed E-state index contributed by atoms with van der Waals surface area (Å²) >= 11 is 7.38. The highest BCUT2D eigenvalue weighted by Gasteiger charge is 2.31. The summed E-state index contributed by atoms with van der Waals surface area (Å²) in [6.45, 7) is 4.65. The molecule has 1 aliphatic heterocycles. The molecule has 1 aromatic heterocycles. The van der Waals surface area contributed by atoms with E-state index in [9.17, 15) is 9.59 Å². The van der Waals surface area contributed by atoms with Gasteiger partial charge in [-0.1, -0.05) is 29.0 Å². The molecule has 1 aliphatic rings. The molecule has 0 saturated heterocycles. The number of carbonyl (C=O) groups excluding carboxylic acids is 1. The second kappa shape index (κ2) is 11.0. The molecule has 0 spiro atoms. The number of carbonyl (C=O) groups is 1. The summed E-state index contributed by atoms with van der Waals surface area (Å²) in [5, 5.41) is 0.513. The van der Waals surface area contributed by atoms with Crippen molar-refractivity contribution in [3.05, 3.63) is 84.0 Å². The molecule has 0 amide bonds. The zero-order chi connectivity index (χ0) is 25.8. The number of hydrogen-bond acceptors (Lipinski definition) is 8. The first-order chi connectivity index (χ1) is 17.4. The van der Waals surface area contributed by atoms with Crippen LogP contribution in [0.4, 0.5) is 0 Å². The van der Waals surface area contributed by atoms with Gasteiger partial charge >= 0.3 is 5.97 Å². The van der Waals surface area contributed by atoms with Crippen molar-refractivity contribution in [1.29, 1.82) is 0 Å². The Bertz CT molecular complexity index is 1510. The van der Waals surface area contributed by atoms with Crippen molar-refractivity contribution in [3.8, 4) is 17.2 Å². The minimum Gasteiger partial charge on any atom is -0.496 e. The zero-order valence-corrected chi connectivity index (χ0v) is 21.8. The number of rotatable bonds is 8. The van der Waals surface area contributed by atoms with Gasteiger partial charge in [-0.15, -0.1) is 0 Å². The maximum absolute atomic E-state index is 13.7. The second-order valence-corrected chi connectivity index (χ2v) is 9.08. The fourth-order valence-electron chi connectivity index (χ4n) is 3.95. The van der Waals surface area contributed by atoms with E-state index in [0.29, 0.717) is 55.9 Å². The molecule has 0 fully saturated rings. The number of hydrogen-bond donors (Lipinski definition) is 0. The van der Waals surface area contributed by atoms with Crippen LogP contribution in [0.5, 0.6) is 17.2 Å². The Kier molecular flexibility index (Phi) is 7.81. The minimum absolute atomic E-state index is 0.225. The highest BCUT2D eigenvalue weighted by molar-refractivity contribution is 7.07. The van der Waals surface area contributed by atoms with E-state index in [1.807, 2.05) is 13.8 Å². The van der Waals surface area contributed by atoms with E-state index in [1.165, 1.54) is 29.2 Å². The fourth-order valence-corrected chi connectivity index (χ4v) is 5.09. The van der Waals surface area contributed by atoms with Gasteiger partial charge in [0.2, 0.25) is 0 Å². The van der Waals surface area contributed by atoms with Gasteiger partial charge in [0.05, 0.1) is 43.6 Å². The van der Waals surface area contributed by atoms with Gasteiger partial charge in [-0.25, -0.2) is 9.79 Å². The lowest BCUT2D eigenvalue weighted by Gasteiger charge is -2.23. The summed E-state index contributed by atoms with van der Waals surface area (Å²) < 4.78 is 23.8. The van der Waals surface area contributed by atoms with Crippen LogP contribution >= 0.6 is 22.9 Å². The van der Waals surface area contributed by atoms with Gasteiger partial charge in [-0.3, -0.25) is 9.36 Å². The van der Waals surface area contributed by atoms with Gasteiger partial charge in [-0.05, 0) is 55.8 Å². The number of halogens is 1. The predicted molar refractivity (Wildman–Crippen MR) is 138 cm³/mol. The third kappa shape index (κ3) is 4.89. The average Bonchev–Trinajstić information content (AvgIpc) is 3.19. The molecule has 2 aromatic carbocycles. The molecule has 2 heterocycles. The van der Waals surface area contributed by atoms with Crippen LogP contribution in [0.2, 0.25) is 5.02 Å². The van der Waals surface area contributed by atoms with Crippen molar-refractivity contribution >= 4 is 35.0 Å². The molecule has 0 N–H and O–H groups in total. The van der Waals surface area contributed by atoms with E-state index < -0.39 is 12.0 Å². The third-order valence-corrected chi connectivity index (χ3v) is 6.72. The number of methoxy groups -OCH3 is 2. The smallest absolute Gasteiger partial charge is 0.337 e. The molecular weight excluding hydrogens is 504 g/mol. The number of ether oxygens (including phenoxy) is 4. The first kappa shape index (κ1) is 25.5. The SMILES string of the molecule is CCOc1ccc([C@H]2C(C(=O)OC)=CN=c3s/c(=C/c4cc(Cl)ccc4OC)c(=O)n32)cc1OCC. The molecule has 0 bridgehead atoms. The van der Waals surface area contributed by atoms with Crippen LogP contribution in [0.15, 0.2) is 58.0 Å². The third-order valence-electron chi connectivity index (χ3n) is 5.49. The van der Waals surface area contributed by atoms with Crippen LogP contribution < -0.4 is 29.1 Å². The normalized spacial score (nSPS) is 15.0. The van der Waals surface area contributed by atoms with Gasteiger partial charge in [-0.2, -0.15) is 0 Å². The van der Waals surface area contributed by atoms with Crippen LogP contribution in [-0.2, 0) is 9.53 Å². The summed E-state index contributed by atoms with van der Waals surface area (Å²) in [6, 6.07) is 9.74. The first-order valence-corrected chi connectivity index (χ1v) is 12.4. The summed E-state index contributed by atoms with van der Waals surface area (Å²) in [4.78, 5) is 31.2. The highest BCUT2D eigenvalue weighted by Crippen LogP contribution is 2.35. The fraction of sp³-hybridized carbons (Fsp3) is 0.269. The first-order valence-electron chi connectivity index (χ1n) is 11.2. The molecule has 0 radical (unpaired) electrons. The highest BCUT2D eigenvalue weighted by atomic mass is 35.5. The van der Waals surface area contributed by atoms with Gasteiger partial charge in [0.15, 0.2) is 16.3 Å². The van der Waals surface area contributed by atoms with Crippen molar-refractivity contribution < 1.29 is 23.7 Å². The maximum atomic E-state index is 13.7. The summed E-state index contributed by atoms with van der Waals surface area (Å²) in [5.74, 6) is 1.09. The molecule has 8 nitrogen and oxygen atoms in total. The van der Waals surface area contributed by atoms with E-state index >= 15 is 0 Å². The largest absolute Gasteiger partial charge is 0.496 e. The van der Waals surface area contributed by atoms with Crippen molar-refractivity contribution in [2.75, 3.05) is 27.4 Å². The van der Waals surface area contributed by atoms with Crippen LogP contribution in [0.1, 0.15) is 31.0 Å². The summed E-state index contributed by atoms with van der Waals surface area (Å²) in [7, 11) is 2.84. The van der Waals surface area contributed by atoms with Gasteiger partial charge in [0, 0.05) is 16.8 Å². The predicted octanol–water partition coefficient (Wildman–Crippen LogP) is 3.48. The second-order valence-electron chi connectivity index (χ2n) is 7.63. The number of esters is 1. The Labute approximate surface area is 216 Å². The van der Waals surface area contributed by atoms with Crippen molar-refractivity contribution in [3.63, 3.8) is 0 Å². The van der Waals surface area contributed by atoms with E-state index in [4.69, 9.17) is 30.5 Å². The lowest BCUT2D eigenvalue weighted by molar-refractivity contribution is -0.136. The van der Waals surface area contributed by atoms with Gasteiger partial charge in [0.1, 0.15) is 5.75 Å². The molecule has 1 atom stereocenters. The monoisotopic (exact) mass is 528 g/mol. The van der Waals surface area contributed by atoms with Crippen molar-refractivity contribution in [2.24, 2.45) is 4.99 Å². The Morgan fingerprint density at radius 1 is 1.08 bits per heavy atom. The minimum atomic E-state index is -0.771. The molecule has 4 rings (SSSR count). The van der Waals surface area contributed by atoms with Crippen molar-refractivity contribution in [1.82, 2.24) is 4.57 Å². The number of thiazole rings is 1. The zero-order valence-electron chi connectivity index (χ0n) is 20.2. The van der Waals surface area contributed by atoms with Crippen LogP contribution in [0.25, 0.3) is 6.08 Å². The van der Waals surface area contributed by atoms with E-state index in [2.05, 4.69) is 4.99 Å². The molecule has 3 aromatic rings. The van der Waals surface area contributed by atoms with Gasteiger partial charge in [0.25, 0.3) is 5.56 Å². The topological polar surface area (TPSA) is 88.4 Å². The van der Waals surface area contributed by atoms with E-state index in [1.54, 1.807) is 49.6 Å². The number of nitrogens with zero attached hydrogens (tertiary/aromatic N) is 2. The Morgan fingerprint density at radius 2 is 1.81 bits per heavy atom. The standard InChI is InChI=1S/C26H25ClN2O6S/c1-5-34-20-9-7-15(12-21(20)35-6-2)23-18(25(31)33-4)14-28-26-29(23)24(30)22(36-26)13-16-11-17(27)8-10-19(16)32-3/h7-14,23H,5-6H2,1-4H3/b22-13+/t23-/m0/s1. The van der Waals surface area contributed by atoms with E-state index in [0.717, 1.165) is 0 Å². The summed E-state index contributed by atoms with van der Waals surface area (Å²) in [5.41, 5.74) is 1.22. The maximum Gasteiger partial charge on any atom is 0.337 e. The van der Waals surface area contributed by atoms with Crippen LogP contribution in [0.3, 0.4) is 0 Å². The quantitative estimate of drug-likeness (QED) is 0.416. The van der Waals surface area contributed by atoms with E-state index in [-0.39, 0.29) is 11.1 Å². The lowest BCUT2D eigenvalue weighted by atomic mass is 9.97. The summed E-state index contributed by atoms with van der Waals surface area (Å²) in [6.07, 6.45) is 3.15. The molecule has 0 saturated carbocycles. The van der Waals surface area contributed by atoms with Crippen molar-refractivity contribution in [2.45, 2.75) is 19.9 Å². The molecular formula is C26H25ClN2O6S. The molecule has 36 heavy (non-hydrogen) atoms. The molecule has 0 unspecified atom stereocenters. The van der Waals surface area contributed by atoms with Gasteiger partial charge < -0.3 is 18.9 Å². The lowest BCUT2D eigenvalue weighted by Crippen LogP contribution is -2.39.